The average molecular weight is 366 g/mol. The molecule has 26 heavy (non-hydrogen) atoms. The predicted molar refractivity (Wildman–Crippen MR) is 103 cm³/mol. The van der Waals surface area contributed by atoms with E-state index in [0.717, 1.165) is 16.8 Å². The van der Waals surface area contributed by atoms with E-state index in [1.165, 1.54) is 0 Å². The van der Waals surface area contributed by atoms with Gasteiger partial charge in [-0.05, 0) is 23.3 Å². The van der Waals surface area contributed by atoms with E-state index in [9.17, 15) is 4.79 Å². The Morgan fingerprint density at radius 3 is 2.42 bits per heavy atom. The molecule has 0 fully saturated rings. The standard InChI is InChI=1S/C21H20ClN3O/c22-18-8-6-17(7-9-18)20(16-4-2-1-3-5-16)14-21(26)25-11-10-19-15-23-12-13-24-19/h1-9,12-13,15,20H,10-11,14H2,(H,25,26)/t20-/m1/s1. The van der Waals surface area contributed by atoms with Crippen LogP contribution >= 0.6 is 11.6 Å². The quantitative estimate of drug-likeness (QED) is 0.688. The van der Waals surface area contributed by atoms with Crippen molar-refractivity contribution in [2.75, 3.05) is 6.54 Å². The van der Waals surface area contributed by atoms with Crippen LogP contribution in [0.25, 0.3) is 0 Å². The molecule has 5 heteroatoms. The van der Waals surface area contributed by atoms with Crippen molar-refractivity contribution in [2.45, 2.75) is 18.8 Å². The second-order valence-corrected chi connectivity index (χ2v) is 6.45. The third kappa shape index (κ3) is 5.14. The molecule has 0 aliphatic heterocycles. The molecule has 0 unspecified atom stereocenters. The molecular weight excluding hydrogens is 346 g/mol. The summed E-state index contributed by atoms with van der Waals surface area (Å²) in [5, 5.41) is 3.67. The van der Waals surface area contributed by atoms with E-state index in [2.05, 4.69) is 15.3 Å². The van der Waals surface area contributed by atoms with Gasteiger partial charge in [0, 0.05) is 48.9 Å². The first-order valence-corrected chi connectivity index (χ1v) is 8.92. The Hall–Kier alpha value is -2.72. The number of hydrogen-bond acceptors (Lipinski definition) is 3. The van der Waals surface area contributed by atoms with Crippen LogP contribution in [0.4, 0.5) is 0 Å². The van der Waals surface area contributed by atoms with E-state index in [4.69, 9.17) is 11.6 Å². The van der Waals surface area contributed by atoms with E-state index < -0.39 is 0 Å². The summed E-state index contributed by atoms with van der Waals surface area (Å²) in [5.74, 6) is 0.00248. The van der Waals surface area contributed by atoms with E-state index in [1.807, 2.05) is 54.6 Å². The molecule has 0 saturated heterocycles. The van der Waals surface area contributed by atoms with Crippen LogP contribution in [-0.4, -0.2) is 22.4 Å². The minimum atomic E-state index is -0.00927. The van der Waals surface area contributed by atoms with Gasteiger partial charge in [0.2, 0.25) is 5.91 Å². The molecule has 3 aromatic rings. The van der Waals surface area contributed by atoms with Gasteiger partial charge in [0.25, 0.3) is 0 Å². The molecule has 1 aromatic heterocycles. The zero-order valence-corrected chi connectivity index (χ0v) is 15.1. The summed E-state index contributed by atoms with van der Waals surface area (Å²) < 4.78 is 0. The lowest BCUT2D eigenvalue weighted by atomic mass is 9.88. The molecule has 2 aromatic carbocycles. The minimum absolute atomic E-state index is 0.00927. The maximum Gasteiger partial charge on any atom is 0.220 e. The second kappa shape index (κ2) is 9.11. The number of rotatable bonds is 7. The van der Waals surface area contributed by atoms with Crippen molar-refractivity contribution in [3.63, 3.8) is 0 Å². The number of benzene rings is 2. The van der Waals surface area contributed by atoms with Gasteiger partial charge in [-0.15, -0.1) is 0 Å². The highest BCUT2D eigenvalue weighted by molar-refractivity contribution is 6.30. The summed E-state index contributed by atoms with van der Waals surface area (Å²) >= 11 is 6.00. The van der Waals surface area contributed by atoms with Crippen molar-refractivity contribution < 1.29 is 4.79 Å². The first-order valence-electron chi connectivity index (χ1n) is 8.54. The van der Waals surface area contributed by atoms with Crippen LogP contribution in [0.5, 0.6) is 0 Å². The molecule has 4 nitrogen and oxygen atoms in total. The van der Waals surface area contributed by atoms with E-state index in [1.54, 1.807) is 18.6 Å². The van der Waals surface area contributed by atoms with E-state index in [0.29, 0.717) is 24.4 Å². The van der Waals surface area contributed by atoms with Crippen molar-refractivity contribution >= 4 is 17.5 Å². The van der Waals surface area contributed by atoms with Crippen molar-refractivity contribution in [1.82, 2.24) is 15.3 Å². The predicted octanol–water partition coefficient (Wildman–Crippen LogP) is 4.01. The third-order valence-corrected chi connectivity index (χ3v) is 4.44. The second-order valence-electron chi connectivity index (χ2n) is 6.02. The lowest BCUT2D eigenvalue weighted by molar-refractivity contribution is -0.121. The fourth-order valence-corrected chi connectivity index (χ4v) is 2.98. The van der Waals surface area contributed by atoms with Crippen LogP contribution < -0.4 is 5.32 Å². The summed E-state index contributed by atoms with van der Waals surface area (Å²) in [6, 6.07) is 17.7. The highest BCUT2D eigenvalue weighted by Crippen LogP contribution is 2.28. The van der Waals surface area contributed by atoms with Crippen molar-refractivity contribution in [3.05, 3.63) is 95.0 Å². The third-order valence-electron chi connectivity index (χ3n) is 4.18. The Bertz CT molecular complexity index is 823. The molecular formula is C21H20ClN3O. The SMILES string of the molecule is O=C(C[C@H](c1ccccc1)c1ccc(Cl)cc1)NCCc1cnccn1. The molecule has 0 saturated carbocycles. The lowest BCUT2D eigenvalue weighted by Crippen LogP contribution is -2.27. The van der Waals surface area contributed by atoms with Gasteiger partial charge in [0.05, 0.1) is 5.69 Å². The smallest absolute Gasteiger partial charge is 0.220 e. The van der Waals surface area contributed by atoms with Crippen LogP contribution in [-0.2, 0) is 11.2 Å². The van der Waals surface area contributed by atoms with Crippen LogP contribution in [0.15, 0.2) is 73.2 Å². The average Bonchev–Trinajstić information content (AvgIpc) is 2.68. The number of nitrogens with one attached hydrogen (secondary N) is 1. The van der Waals surface area contributed by atoms with Gasteiger partial charge in [-0.1, -0.05) is 54.1 Å². The normalized spacial score (nSPS) is 11.7. The van der Waals surface area contributed by atoms with E-state index >= 15 is 0 Å². The van der Waals surface area contributed by atoms with Gasteiger partial charge in [0.15, 0.2) is 0 Å². The first-order chi connectivity index (χ1) is 12.7. The molecule has 1 N–H and O–H groups in total. The fraction of sp³-hybridized carbons (Fsp3) is 0.190. The van der Waals surface area contributed by atoms with Gasteiger partial charge in [-0.2, -0.15) is 0 Å². The van der Waals surface area contributed by atoms with Gasteiger partial charge in [-0.25, -0.2) is 0 Å². The van der Waals surface area contributed by atoms with Crippen LogP contribution in [0.2, 0.25) is 5.02 Å². The number of aromatic nitrogens is 2. The fourth-order valence-electron chi connectivity index (χ4n) is 2.86. The molecule has 0 spiro atoms. The van der Waals surface area contributed by atoms with Crippen LogP contribution in [0.1, 0.15) is 29.2 Å². The highest BCUT2D eigenvalue weighted by Gasteiger charge is 2.18. The number of carbonyl (C=O) groups excluding carboxylic acids is 1. The monoisotopic (exact) mass is 365 g/mol. The van der Waals surface area contributed by atoms with Gasteiger partial charge >= 0.3 is 0 Å². The Balaban J connectivity index is 1.65. The summed E-state index contributed by atoms with van der Waals surface area (Å²) in [4.78, 5) is 20.7. The van der Waals surface area contributed by atoms with Crippen molar-refractivity contribution in [3.8, 4) is 0 Å². The summed E-state index contributed by atoms with van der Waals surface area (Å²) in [5.41, 5.74) is 3.05. The number of nitrogens with zero attached hydrogens (tertiary/aromatic N) is 2. The number of carbonyl (C=O) groups is 1. The Morgan fingerprint density at radius 2 is 1.73 bits per heavy atom. The summed E-state index contributed by atoms with van der Waals surface area (Å²) in [6.07, 6.45) is 6.05. The number of halogens is 1. The molecule has 1 atom stereocenters. The maximum atomic E-state index is 12.5. The molecule has 0 aliphatic rings. The zero-order chi connectivity index (χ0) is 18.2. The van der Waals surface area contributed by atoms with Crippen LogP contribution in [0, 0.1) is 0 Å². The van der Waals surface area contributed by atoms with Gasteiger partial charge < -0.3 is 5.32 Å². The first kappa shape index (κ1) is 18.1. The lowest BCUT2D eigenvalue weighted by Gasteiger charge is -2.18. The Labute approximate surface area is 158 Å². The Kier molecular flexibility index (Phi) is 6.34. The summed E-state index contributed by atoms with van der Waals surface area (Å²) in [6.45, 7) is 0.541. The van der Waals surface area contributed by atoms with Crippen molar-refractivity contribution in [1.29, 1.82) is 0 Å². The zero-order valence-electron chi connectivity index (χ0n) is 14.3. The van der Waals surface area contributed by atoms with Crippen molar-refractivity contribution in [2.24, 2.45) is 0 Å². The minimum Gasteiger partial charge on any atom is -0.356 e. The molecule has 132 valence electrons. The molecule has 1 amide bonds. The molecule has 0 bridgehead atoms. The molecule has 3 rings (SSSR count). The van der Waals surface area contributed by atoms with Gasteiger partial charge in [-0.3, -0.25) is 14.8 Å². The number of hydrogen-bond donors (Lipinski definition) is 1. The van der Waals surface area contributed by atoms with Crippen LogP contribution in [0.3, 0.4) is 0 Å². The molecule has 0 radical (unpaired) electrons. The molecule has 0 aliphatic carbocycles. The summed E-state index contributed by atoms with van der Waals surface area (Å²) in [7, 11) is 0. The molecule has 1 heterocycles. The number of amides is 1. The largest absolute Gasteiger partial charge is 0.356 e. The maximum absolute atomic E-state index is 12.5. The Morgan fingerprint density at radius 1 is 1.00 bits per heavy atom. The topological polar surface area (TPSA) is 54.9 Å². The van der Waals surface area contributed by atoms with E-state index in [-0.39, 0.29) is 11.8 Å². The highest BCUT2D eigenvalue weighted by atomic mass is 35.5. The van der Waals surface area contributed by atoms with Gasteiger partial charge in [0.1, 0.15) is 0 Å².